The first-order valence-electron chi connectivity index (χ1n) is 12.1. The number of rotatable bonds is 4. The number of carbonyl (C=O) groups excluding carboxylic acids is 4. The SMILES string of the molecule is CC(=O)N1CCC(C(=O)NCC(=O)N2CCCCCCNC(=O)CC2c2ccccc2)CC1. The number of nitrogens with one attached hydrogen (secondary N) is 2. The molecule has 2 aliphatic heterocycles. The molecule has 0 aromatic heterocycles. The Bertz CT molecular complexity index is 821. The molecule has 0 spiro atoms. The van der Waals surface area contributed by atoms with Gasteiger partial charge in [-0.15, -0.1) is 0 Å². The van der Waals surface area contributed by atoms with E-state index in [4.69, 9.17) is 0 Å². The standard InChI is InChI=1S/C25H36N4O4/c1-19(30)28-15-11-21(12-16-28)25(33)27-18-24(32)29-14-8-3-2-7-13-26-23(31)17-22(29)20-9-5-4-6-10-20/h4-6,9-10,21-22H,2-3,7-8,11-18H2,1H3,(H,26,31)(H,27,33). The lowest BCUT2D eigenvalue weighted by molar-refractivity contribution is -0.137. The lowest BCUT2D eigenvalue weighted by Gasteiger charge is -2.33. The number of nitrogens with zero attached hydrogens (tertiary/aromatic N) is 2. The number of hydrogen-bond acceptors (Lipinski definition) is 4. The summed E-state index contributed by atoms with van der Waals surface area (Å²) in [6.45, 7) is 3.80. The molecule has 2 heterocycles. The average Bonchev–Trinajstić information content (AvgIpc) is 2.87. The molecule has 3 rings (SSSR count). The zero-order valence-electron chi connectivity index (χ0n) is 19.6. The summed E-state index contributed by atoms with van der Waals surface area (Å²) in [5, 5.41) is 5.79. The molecule has 2 N–H and O–H groups in total. The van der Waals surface area contributed by atoms with Crippen LogP contribution in [-0.2, 0) is 19.2 Å². The Kier molecular flexibility index (Phi) is 9.27. The quantitative estimate of drug-likeness (QED) is 0.724. The molecule has 0 saturated carbocycles. The van der Waals surface area contributed by atoms with Crippen molar-refractivity contribution >= 4 is 23.6 Å². The predicted molar refractivity (Wildman–Crippen MR) is 125 cm³/mol. The molecule has 4 amide bonds. The van der Waals surface area contributed by atoms with Crippen molar-refractivity contribution in [3.63, 3.8) is 0 Å². The van der Waals surface area contributed by atoms with Gasteiger partial charge < -0.3 is 20.4 Å². The number of hydrogen-bond donors (Lipinski definition) is 2. The first kappa shape index (κ1) is 24.7. The van der Waals surface area contributed by atoms with Gasteiger partial charge in [-0.05, 0) is 31.2 Å². The second-order valence-corrected chi connectivity index (χ2v) is 8.98. The molecular formula is C25H36N4O4. The fraction of sp³-hybridized carbons (Fsp3) is 0.600. The van der Waals surface area contributed by atoms with Crippen LogP contribution < -0.4 is 10.6 Å². The van der Waals surface area contributed by atoms with Crippen molar-refractivity contribution in [2.45, 2.75) is 57.9 Å². The van der Waals surface area contributed by atoms with Gasteiger partial charge >= 0.3 is 0 Å². The maximum atomic E-state index is 13.3. The summed E-state index contributed by atoms with van der Waals surface area (Å²) in [5.74, 6) is -0.542. The van der Waals surface area contributed by atoms with E-state index < -0.39 is 0 Å². The number of piperidine rings is 1. The Morgan fingerprint density at radius 1 is 1.00 bits per heavy atom. The first-order chi connectivity index (χ1) is 16.0. The largest absolute Gasteiger partial charge is 0.356 e. The zero-order valence-corrected chi connectivity index (χ0v) is 19.6. The molecule has 2 saturated heterocycles. The van der Waals surface area contributed by atoms with E-state index in [1.165, 1.54) is 6.92 Å². The van der Waals surface area contributed by atoms with E-state index in [1.807, 2.05) is 30.3 Å². The van der Waals surface area contributed by atoms with Crippen LogP contribution in [0.1, 0.15) is 63.5 Å². The first-order valence-corrected chi connectivity index (χ1v) is 12.1. The molecule has 0 radical (unpaired) electrons. The molecule has 8 nitrogen and oxygen atoms in total. The predicted octanol–water partition coefficient (Wildman–Crippen LogP) is 2.01. The number of amides is 4. The van der Waals surface area contributed by atoms with Gasteiger partial charge in [0.15, 0.2) is 0 Å². The Morgan fingerprint density at radius 2 is 1.70 bits per heavy atom. The minimum atomic E-state index is -0.368. The molecule has 1 aromatic rings. The van der Waals surface area contributed by atoms with Gasteiger partial charge in [0.1, 0.15) is 0 Å². The maximum absolute atomic E-state index is 13.3. The fourth-order valence-corrected chi connectivity index (χ4v) is 4.64. The highest BCUT2D eigenvalue weighted by Crippen LogP contribution is 2.26. The van der Waals surface area contributed by atoms with Crippen LogP contribution >= 0.6 is 0 Å². The van der Waals surface area contributed by atoms with Crippen molar-refractivity contribution in [1.82, 2.24) is 20.4 Å². The summed E-state index contributed by atoms with van der Waals surface area (Å²) in [6.07, 6.45) is 5.21. The third-order valence-corrected chi connectivity index (χ3v) is 6.63. The molecule has 33 heavy (non-hydrogen) atoms. The van der Waals surface area contributed by atoms with Gasteiger partial charge in [0.05, 0.1) is 19.0 Å². The summed E-state index contributed by atoms with van der Waals surface area (Å²) in [5.41, 5.74) is 0.920. The molecule has 8 heteroatoms. The smallest absolute Gasteiger partial charge is 0.242 e. The Labute approximate surface area is 196 Å². The van der Waals surface area contributed by atoms with Crippen molar-refractivity contribution in [1.29, 1.82) is 0 Å². The van der Waals surface area contributed by atoms with Crippen molar-refractivity contribution in [2.75, 3.05) is 32.7 Å². The normalized spacial score (nSPS) is 21.0. The molecule has 1 aromatic carbocycles. The van der Waals surface area contributed by atoms with Crippen LogP contribution in [0.4, 0.5) is 0 Å². The van der Waals surface area contributed by atoms with Gasteiger partial charge in [-0.25, -0.2) is 0 Å². The summed E-state index contributed by atoms with van der Waals surface area (Å²) >= 11 is 0. The van der Waals surface area contributed by atoms with Crippen LogP contribution in [0.25, 0.3) is 0 Å². The maximum Gasteiger partial charge on any atom is 0.242 e. The summed E-state index contributed by atoms with van der Waals surface area (Å²) in [4.78, 5) is 53.6. The van der Waals surface area contributed by atoms with Crippen molar-refractivity contribution in [2.24, 2.45) is 5.92 Å². The minimum absolute atomic E-state index is 0.0274. The van der Waals surface area contributed by atoms with Crippen molar-refractivity contribution in [3.05, 3.63) is 35.9 Å². The van der Waals surface area contributed by atoms with E-state index in [0.717, 1.165) is 31.2 Å². The monoisotopic (exact) mass is 456 g/mol. The lowest BCUT2D eigenvalue weighted by atomic mass is 9.96. The Morgan fingerprint density at radius 3 is 2.39 bits per heavy atom. The summed E-state index contributed by atoms with van der Waals surface area (Å²) in [7, 11) is 0. The van der Waals surface area contributed by atoms with E-state index in [-0.39, 0.29) is 48.6 Å². The number of carbonyl (C=O) groups is 4. The Hall–Kier alpha value is -2.90. The van der Waals surface area contributed by atoms with Gasteiger partial charge in [-0.3, -0.25) is 19.2 Å². The van der Waals surface area contributed by atoms with Gasteiger partial charge in [0.2, 0.25) is 23.6 Å². The minimum Gasteiger partial charge on any atom is -0.356 e. The Balaban J connectivity index is 1.66. The van der Waals surface area contributed by atoms with Gasteiger partial charge in [-0.2, -0.15) is 0 Å². The van der Waals surface area contributed by atoms with Crippen molar-refractivity contribution in [3.8, 4) is 0 Å². The van der Waals surface area contributed by atoms with Gasteiger partial charge in [-0.1, -0.05) is 43.2 Å². The van der Waals surface area contributed by atoms with Crippen LogP contribution in [-0.4, -0.2) is 66.2 Å². The molecule has 2 aliphatic rings. The van der Waals surface area contributed by atoms with E-state index in [9.17, 15) is 19.2 Å². The van der Waals surface area contributed by atoms with Gasteiger partial charge in [0.25, 0.3) is 0 Å². The van der Waals surface area contributed by atoms with Crippen LogP contribution in [0, 0.1) is 5.92 Å². The van der Waals surface area contributed by atoms with E-state index >= 15 is 0 Å². The second-order valence-electron chi connectivity index (χ2n) is 8.98. The molecule has 1 unspecified atom stereocenters. The molecule has 180 valence electrons. The summed E-state index contributed by atoms with van der Waals surface area (Å²) < 4.78 is 0. The lowest BCUT2D eigenvalue weighted by Crippen LogP contribution is -2.46. The van der Waals surface area contributed by atoms with Crippen LogP contribution in [0.3, 0.4) is 0 Å². The topological polar surface area (TPSA) is 98.8 Å². The second kappa shape index (κ2) is 12.4. The molecular weight excluding hydrogens is 420 g/mol. The van der Waals surface area contributed by atoms with Crippen LogP contribution in [0.15, 0.2) is 30.3 Å². The van der Waals surface area contributed by atoms with Gasteiger partial charge in [0, 0.05) is 39.0 Å². The highest BCUT2D eigenvalue weighted by Gasteiger charge is 2.30. The number of benzene rings is 1. The third kappa shape index (κ3) is 7.30. The third-order valence-electron chi connectivity index (χ3n) is 6.63. The average molecular weight is 457 g/mol. The fourth-order valence-electron chi connectivity index (χ4n) is 4.64. The highest BCUT2D eigenvalue weighted by molar-refractivity contribution is 5.87. The van der Waals surface area contributed by atoms with Crippen LogP contribution in [0.2, 0.25) is 0 Å². The molecule has 1 atom stereocenters. The molecule has 0 bridgehead atoms. The van der Waals surface area contributed by atoms with Crippen molar-refractivity contribution < 1.29 is 19.2 Å². The summed E-state index contributed by atoms with van der Waals surface area (Å²) in [6, 6.07) is 9.26. The van der Waals surface area contributed by atoms with Crippen LogP contribution in [0.5, 0.6) is 0 Å². The van der Waals surface area contributed by atoms with E-state index in [0.29, 0.717) is 39.0 Å². The van der Waals surface area contributed by atoms with E-state index in [1.54, 1.807) is 9.80 Å². The zero-order chi connectivity index (χ0) is 23.6. The number of likely N-dealkylation sites (tertiary alicyclic amines) is 1. The molecule has 2 fully saturated rings. The highest BCUT2D eigenvalue weighted by atomic mass is 16.2. The molecule has 0 aliphatic carbocycles. The van der Waals surface area contributed by atoms with E-state index in [2.05, 4.69) is 10.6 Å².